The second-order valence-electron chi connectivity index (χ2n) is 4.62. The standard InChI is InChI=1S/C13H20N2O3S/c1-3-19(16,17)14-8-9-15-11(2)10-18-13-7-5-4-6-12(13)15/h4-7,11,14H,3,8-10H2,1-2H3/t11-/m1/s1. The second-order valence-corrected chi connectivity index (χ2v) is 6.71. The normalized spacial score (nSPS) is 18.8. The van der Waals surface area contributed by atoms with Crippen LogP contribution in [0.5, 0.6) is 5.75 Å². The van der Waals surface area contributed by atoms with Gasteiger partial charge in [0.25, 0.3) is 0 Å². The van der Waals surface area contributed by atoms with Gasteiger partial charge in [-0.2, -0.15) is 0 Å². The molecule has 0 amide bonds. The molecular formula is C13H20N2O3S. The van der Waals surface area contributed by atoms with Gasteiger partial charge in [0.05, 0.1) is 17.5 Å². The summed E-state index contributed by atoms with van der Waals surface area (Å²) in [6.45, 7) is 5.38. The Kier molecular flexibility index (Phi) is 4.31. The van der Waals surface area contributed by atoms with E-state index in [1.807, 2.05) is 24.3 Å². The van der Waals surface area contributed by atoms with Crippen molar-refractivity contribution in [2.45, 2.75) is 19.9 Å². The first-order valence-corrected chi connectivity index (χ1v) is 8.14. The van der Waals surface area contributed by atoms with Gasteiger partial charge in [0.1, 0.15) is 12.4 Å². The zero-order valence-electron chi connectivity index (χ0n) is 11.3. The van der Waals surface area contributed by atoms with E-state index >= 15 is 0 Å². The molecule has 0 radical (unpaired) electrons. The van der Waals surface area contributed by atoms with Gasteiger partial charge < -0.3 is 9.64 Å². The first-order valence-electron chi connectivity index (χ1n) is 6.49. The third-order valence-electron chi connectivity index (χ3n) is 3.24. The van der Waals surface area contributed by atoms with Gasteiger partial charge in [0, 0.05) is 13.1 Å². The molecule has 0 unspecified atom stereocenters. The molecule has 19 heavy (non-hydrogen) atoms. The number of ether oxygens (including phenoxy) is 1. The van der Waals surface area contributed by atoms with E-state index in [2.05, 4.69) is 16.5 Å². The number of para-hydroxylation sites is 2. The smallest absolute Gasteiger partial charge is 0.211 e. The van der Waals surface area contributed by atoms with Crippen LogP contribution in [0, 0.1) is 0 Å². The molecule has 0 aromatic heterocycles. The summed E-state index contributed by atoms with van der Waals surface area (Å²) in [4.78, 5) is 2.18. The summed E-state index contributed by atoms with van der Waals surface area (Å²) < 4.78 is 31.1. The van der Waals surface area contributed by atoms with E-state index in [1.54, 1.807) is 6.92 Å². The summed E-state index contributed by atoms with van der Waals surface area (Å²) in [6, 6.07) is 8.07. The Hall–Kier alpha value is -1.27. The van der Waals surface area contributed by atoms with Gasteiger partial charge in [0.15, 0.2) is 0 Å². The van der Waals surface area contributed by atoms with Gasteiger partial charge in [0.2, 0.25) is 10.0 Å². The average molecular weight is 284 g/mol. The number of nitrogens with zero attached hydrogens (tertiary/aromatic N) is 1. The van der Waals surface area contributed by atoms with E-state index in [9.17, 15) is 8.42 Å². The third kappa shape index (κ3) is 3.39. The highest BCUT2D eigenvalue weighted by Crippen LogP contribution is 2.32. The van der Waals surface area contributed by atoms with Gasteiger partial charge in [-0.1, -0.05) is 12.1 Å². The molecule has 1 N–H and O–H groups in total. The van der Waals surface area contributed by atoms with E-state index < -0.39 is 10.0 Å². The van der Waals surface area contributed by atoms with E-state index in [1.165, 1.54) is 0 Å². The van der Waals surface area contributed by atoms with Gasteiger partial charge in [-0.3, -0.25) is 0 Å². The largest absolute Gasteiger partial charge is 0.489 e. The molecule has 1 aliphatic heterocycles. The number of fused-ring (bicyclic) bond motifs is 1. The van der Waals surface area contributed by atoms with Crippen LogP contribution in [0.25, 0.3) is 0 Å². The van der Waals surface area contributed by atoms with Gasteiger partial charge in [-0.15, -0.1) is 0 Å². The monoisotopic (exact) mass is 284 g/mol. The van der Waals surface area contributed by atoms with Crippen molar-refractivity contribution in [1.29, 1.82) is 0 Å². The number of anilines is 1. The molecular weight excluding hydrogens is 264 g/mol. The summed E-state index contributed by atoms with van der Waals surface area (Å²) in [6.07, 6.45) is 0. The molecule has 0 saturated carbocycles. The number of hydrogen-bond acceptors (Lipinski definition) is 4. The molecule has 1 atom stereocenters. The van der Waals surface area contributed by atoms with Crippen LogP contribution >= 0.6 is 0 Å². The Morgan fingerprint density at radius 2 is 2.16 bits per heavy atom. The molecule has 1 aliphatic rings. The fourth-order valence-corrected chi connectivity index (χ4v) is 2.73. The highest BCUT2D eigenvalue weighted by atomic mass is 32.2. The molecule has 0 spiro atoms. The Labute approximate surface area is 114 Å². The molecule has 106 valence electrons. The quantitative estimate of drug-likeness (QED) is 0.883. The highest BCUT2D eigenvalue weighted by molar-refractivity contribution is 7.89. The lowest BCUT2D eigenvalue weighted by molar-refractivity contribution is 0.270. The van der Waals surface area contributed by atoms with Gasteiger partial charge in [-0.25, -0.2) is 13.1 Å². The van der Waals surface area contributed by atoms with Crippen LogP contribution in [-0.4, -0.2) is 39.9 Å². The lowest BCUT2D eigenvalue weighted by atomic mass is 10.1. The van der Waals surface area contributed by atoms with Crippen LogP contribution in [-0.2, 0) is 10.0 Å². The van der Waals surface area contributed by atoms with Crippen molar-refractivity contribution in [2.75, 3.05) is 30.3 Å². The second kappa shape index (κ2) is 5.79. The van der Waals surface area contributed by atoms with Crippen molar-refractivity contribution in [2.24, 2.45) is 0 Å². The zero-order chi connectivity index (χ0) is 13.9. The lowest BCUT2D eigenvalue weighted by Gasteiger charge is -2.36. The third-order valence-corrected chi connectivity index (χ3v) is 4.65. The summed E-state index contributed by atoms with van der Waals surface area (Å²) in [7, 11) is -3.12. The van der Waals surface area contributed by atoms with Crippen molar-refractivity contribution < 1.29 is 13.2 Å². The van der Waals surface area contributed by atoms with Crippen LogP contribution in [0.1, 0.15) is 13.8 Å². The average Bonchev–Trinajstić information content (AvgIpc) is 2.41. The maximum Gasteiger partial charge on any atom is 0.211 e. The van der Waals surface area contributed by atoms with Crippen LogP contribution < -0.4 is 14.4 Å². The van der Waals surface area contributed by atoms with E-state index in [0.717, 1.165) is 11.4 Å². The van der Waals surface area contributed by atoms with Crippen LogP contribution in [0.4, 0.5) is 5.69 Å². The molecule has 1 aromatic carbocycles. The first-order chi connectivity index (χ1) is 9.03. The number of nitrogens with one attached hydrogen (secondary N) is 1. The molecule has 0 aliphatic carbocycles. The topological polar surface area (TPSA) is 58.6 Å². The van der Waals surface area contributed by atoms with Crippen LogP contribution in [0.15, 0.2) is 24.3 Å². The minimum atomic E-state index is -3.12. The summed E-state index contributed by atoms with van der Waals surface area (Å²) in [5, 5.41) is 0. The fourth-order valence-electron chi connectivity index (χ4n) is 2.12. The maximum absolute atomic E-state index is 11.4. The highest BCUT2D eigenvalue weighted by Gasteiger charge is 2.23. The minimum absolute atomic E-state index is 0.113. The summed E-state index contributed by atoms with van der Waals surface area (Å²) >= 11 is 0. The van der Waals surface area contributed by atoms with Crippen LogP contribution in [0.3, 0.4) is 0 Å². The summed E-state index contributed by atoms with van der Waals surface area (Å²) in [5.74, 6) is 0.973. The molecule has 1 heterocycles. The first kappa shape index (κ1) is 14.1. The predicted octanol–water partition coefficient (Wildman–Crippen LogP) is 1.21. The molecule has 6 heteroatoms. The summed E-state index contributed by atoms with van der Waals surface area (Å²) in [5.41, 5.74) is 1.02. The van der Waals surface area contributed by atoms with Gasteiger partial charge in [-0.05, 0) is 26.0 Å². The Bertz CT molecular complexity index is 530. The number of rotatable bonds is 5. The van der Waals surface area contributed by atoms with Crippen LogP contribution in [0.2, 0.25) is 0 Å². The Morgan fingerprint density at radius 3 is 2.89 bits per heavy atom. The van der Waals surface area contributed by atoms with Crippen molar-refractivity contribution in [3.63, 3.8) is 0 Å². The molecule has 5 nitrogen and oxygen atoms in total. The van der Waals surface area contributed by atoms with Crippen molar-refractivity contribution in [3.8, 4) is 5.75 Å². The molecule has 0 bridgehead atoms. The Balaban J connectivity index is 2.04. The van der Waals surface area contributed by atoms with Crippen molar-refractivity contribution in [1.82, 2.24) is 4.72 Å². The molecule has 2 rings (SSSR count). The van der Waals surface area contributed by atoms with E-state index in [4.69, 9.17) is 4.74 Å². The molecule has 0 saturated heterocycles. The minimum Gasteiger partial charge on any atom is -0.489 e. The molecule has 1 aromatic rings. The fraction of sp³-hybridized carbons (Fsp3) is 0.538. The van der Waals surface area contributed by atoms with E-state index in [-0.39, 0.29) is 11.8 Å². The number of hydrogen-bond donors (Lipinski definition) is 1. The Morgan fingerprint density at radius 1 is 1.42 bits per heavy atom. The van der Waals surface area contributed by atoms with Crippen molar-refractivity contribution in [3.05, 3.63) is 24.3 Å². The number of benzene rings is 1. The molecule has 0 fully saturated rings. The van der Waals surface area contributed by atoms with Crippen molar-refractivity contribution >= 4 is 15.7 Å². The van der Waals surface area contributed by atoms with Gasteiger partial charge >= 0.3 is 0 Å². The number of sulfonamides is 1. The maximum atomic E-state index is 11.4. The van der Waals surface area contributed by atoms with E-state index in [0.29, 0.717) is 19.7 Å². The zero-order valence-corrected chi connectivity index (χ0v) is 12.1. The predicted molar refractivity (Wildman–Crippen MR) is 76.2 cm³/mol. The SMILES string of the molecule is CCS(=O)(=O)NCCN1c2ccccc2OC[C@H]1C. The lowest BCUT2D eigenvalue weighted by Crippen LogP contribution is -2.45.